The van der Waals surface area contributed by atoms with E-state index in [1.54, 1.807) is 0 Å². The Bertz CT molecular complexity index is 442. The topological polar surface area (TPSA) is 29.5 Å². The van der Waals surface area contributed by atoms with E-state index in [0.29, 0.717) is 12.5 Å². The molecule has 0 aromatic heterocycles. The van der Waals surface area contributed by atoms with E-state index in [2.05, 4.69) is 65.1 Å². The van der Waals surface area contributed by atoms with Gasteiger partial charge in [-0.15, -0.1) is 11.8 Å². The molecule has 0 spiro atoms. The van der Waals surface area contributed by atoms with Crippen molar-refractivity contribution in [3.8, 4) is 0 Å². The average molecular weight is 355 g/mol. The molecule has 1 aromatic carbocycles. The lowest BCUT2D eigenvalue weighted by atomic mass is 10.0. The highest BCUT2D eigenvalue weighted by molar-refractivity contribution is 7.99. The van der Waals surface area contributed by atoms with E-state index < -0.39 is 8.32 Å². The fourth-order valence-corrected chi connectivity index (χ4v) is 4.21. The summed E-state index contributed by atoms with van der Waals surface area (Å²) in [6.07, 6.45) is 1.60. The third-order valence-corrected chi connectivity index (χ3v) is 10.3. The van der Waals surface area contributed by atoms with Gasteiger partial charge in [0.25, 0.3) is 0 Å². The Morgan fingerprint density at radius 1 is 1.17 bits per heavy atom. The maximum atomic E-state index is 10.3. The summed E-state index contributed by atoms with van der Waals surface area (Å²) in [5.74, 6) is 1.62. The quantitative estimate of drug-likeness (QED) is 0.464. The third-order valence-electron chi connectivity index (χ3n) is 4.74. The molecule has 2 nitrogen and oxygen atoms in total. The minimum atomic E-state index is -1.75. The predicted molar refractivity (Wildman–Crippen MR) is 105 cm³/mol. The normalized spacial score (nSPS) is 15.4. The molecule has 132 valence electrons. The first-order valence-corrected chi connectivity index (χ1v) is 12.5. The van der Waals surface area contributed by atoms with E-state index in [0.717, 1.165) is 18.6 Å². The minimum absolute atomic E-state index is 0.199. The monoisotopic (exact) mass is 354 g/mol. The molecule has 0 fully saturated rings. The second-order valence-electron chi connectivity index (χ2n) is 8.02. The van der Waals surface area contributed by atoms with Crippen molar-refractivity contribution in [2.75, 3.05) is 12.4 Å². The second kappa shape index (κ2) is 9.26. The fourth-order valence-electron chi connectivity index (χ4n) is 2.07. The van der Waals surface area contributed by atoms with Crippen LogP contribution in [0.15, 0.2) is 35.2 Å². The largest absolute Gasteiger partial charge is 0.414 e. The molecule has 0 saturated heterocycles. The summed E-state index contributed by atoms with van der Waals surface area (Å²) in [4.78, 5) is 1.32. The number of hydrogen-bond donors (Lipinski definition) is 1. The van der Waals surface area contributed by atoms with Crippen LogP contribution in [0.4, 0.5) is 0 Å². The van der Waals surface area contributed by atoms with E-state index in [1.807, 2.05) is 17.8 Å². The highest BCUT2D eigenvalue weighted by Gasteiger charge is 2.37. The van der Waals surface area contributed by atoms with E-state index >= 15 is 0 Å². The van der Waals surface area contributed by atoms with Gasteiger partial charge < -0.3 is 9.53 Å². The maximum Gasteiger partial charge on any atom is 0.192 e. The zero-order valence-electron chi connectivity index (χ0n) is 15.6. The van der Waals surface area contributed by atoms with Gasteiger partial charge in [0.15, 0.2) is 8.32 Å². The molecule has 0 heterocycles. The van der Waals surface area contributed by atoms with E-state index in [1.165, 1.54) is 4.90 Å². The number of benzene rings is 1. The first-order chi connectivity index (χ1) is 10.6. The number of thioether (sulfide) groups is 1. The van der Waals surface area contributed by atoms with Crippen molar-refractivity contribution in [1.29, 1.82) is 0 Å². The van der Waals surface area contributed by atoms with Crippen LogP contribution in [0.5, 0.6) is 0 Å². The standard InChI is InChI=1S/C19H34O2SSi/c1-16(12-13-22-18-10-8-7-9-11-18)14-17(20)15-21-23(5,6)19(2,3)4/h7-11,16-17,20H,12-15H2,1-6H3/t16-,17-/m0/s1. The van der Waals surface area contributed by atoms with Gasteiger partial charge in [-0.2, -0.15) is 0 Å². The molecule has 2 atom stereocenters. The lowest BCUT2D eigenvalue weighted by Gasteiger charge is -2.37. The van der Waals surface area contributed by atoms with Gasteiger partial charge in [0.1, 0.15) is 0 Å². The molecule has 0 unspecified atom stereocenters. The summed E-state index contributed by atoms with van der Waals surface area (Å²) >= 11 is 1.89. The number of aliphatic hydroxyl groups is 1. The van der Waals surface area contributed by atoms with Crippen LogP contribution in [-0.2, 0) is 4.43 Å². The summed E-state index contributed by atoms with van der Waals surface area (Å²) < 4.78 is 6.11. The second-order valence-corrected chi connectivity index (χ2v) is 14.0. The van der Waals surface area contributed by atoms with Crippen LogP contribution < -0.4 is 0 Å². The van der Waals surface area contributed by atoms with Gasteiger partial charge in [0, 0.05) is 4.90 Å². The lowest BCUT2D eigenvalue weighted by molar-refractivity contribution is 0.0803. The molecule has 0 amide bonds. The molecule has 0 bridgehead atoms. The molecule has 1 rings (SSSR count). The van der Waals surface area contributed by atoms with Crippen molar-refractivity contribution in [2.45, 2.75) is 69.7 Å². The first-order valence-electron chi connectivity index (χ1n) is 8.61. The number of hydrogen-bond acceptors (Lipinski definition) is 3. The predicted octanol–water partition coefficient (Wildman–Crippen LogP) is 5.58. The van der Waals surface area contributed by atoms with Crippen LogP contribution >= 0.6 is 11.8 Å². The summed E-state index contributed by atoms with van der Waals surface area (Å²) in [7, 11) is -1.75. The van der Waals surface area contributed by atoms with Crippen LogP contribution in [0.3, 0.4) is 0 Å². The number of rotatable bonds is 9. The fraction of sp³-hybridized carbons (Fsp3) is 0.684. The summed E-state index contributed by atoms with van der Waals surface area (Å²) in [6.45, 7) is 13.9. The van der Waals surface area contributed by atoms with Crippen LogP contribution in [0.2, 0.25) is 18.1 Å². The first kappa shape index (κ1) is 20.8. The molecule has 23 heavy (non-hydrogen) atoms. The van der Waals surface area contributed by atoms with Gasteiger partial charge in [-0.1, -0.05) is 45.9 Å². The average Bonchev–Trinajstić information content (AvgIpc) is 2.45. The zero-order valence-corrected chi connectivity index (χ0v) is 17.5. The van der Waals surface area contributed by atoms with Crippen molar-refractivity contribution in [3.63, 3.8) is 0 Å². The Kier molecular flexibility index (Phi) is 8.35. The summed E-state index contributed by atoms with van der Waals surface area (Å²) in [5.41, 5.74) is 0. The van der Waals surface area contributed by atoms with Crippen molar-refractivity contribution >= 4 is 20.1 Å². The third kappa shape index (κ3) is 7.88. The minimum Gasteiger partial charge on any atom is -0.414 e. The van der Waals surface area contributed by atoms with Crippen molar-refractivity contribution < 1.29 is 9.53 Å². The molecule has 0 saturated carbocycles. The Morgan fingerprint density at radius 2 is 1.78 bits per heavy atom. The Labute approximate surface area is 148 Å². The van der Waals surface area contributed by atoms with E-state index in [-0.39, 0.29) is 11.1 Å². The van der Waals surface area contributed by atoms with E-state index in [9.17, 15) is 5.11 Å². The van der Waals surface area contributed by atoms with Gasteiger partial charge in [-0.3, -0.25) is 0 Å². The lowest BCUT2D eigenvalue weighted by Crippen LogP contribution is -2.42. The van der Waals surface area contributed by atoms with Crippen molar-refractivity contribution in [3.05, 3.63) is 30.3 Å². The molecular formula is C19H34O2SSi. The molecule has 1 aromatic rings. The van der Waals surface area contributed by atoms with Gasteiger partial charge in [-0.05, 0) is 54.8 Å². The molecule has 1 N–H and O–H groups in total. The van der Waals surface area contributed by atoms with Crippen LogP contribution in [0.25, 0.3) is 0 Å². The highest BCUT2D eigenvalue weighted by Crippen LogP contribution is 2.36. The van der Waals surface area contributed by atoms with Gasteiger partial charge in [0.2, 0.25) is 0 Å². The van der Waals surface area contributed by atoms with Gasteiger partial charge in [0.05, 0.1) is 12.7 Å². The van der Waals surface area contributed by atoms with E-state index in [4.69, 9.17) is 4.43 Å². The summed E-state index contributed by atoms with van der Waals surface area (Å²) in [5, 5.41) is 10.5. The maximum absolute atomic E-state index is 10.3. The Balaban J connectivity index is 2.24. The SMILES string of the molecule is C[C@@H](CCSc1ccccc1)C[C@H](O)CO[Si](C)(C)C(C)(C)C. The van der Waals surface area contributed by atoms with Gasteiger partial charge >= 0.3 is 0 Å². The Hall–Kier alpha value is -0.293. The molecule has 0 radical (unpaired) electrons. The van der Waals surface area contributed by atoms with Crippen LogP contribution in [0.1, 0.15) is 40.5 Å². The smallest absolute Gasteiger partial charge is 0.192 e. The molecule has 0 aliphatic carbocycles. The molecule has 4 heteroatoms. The highest BCUT2D eigenvalue weighted by atomic mass is 32.2. The molecule has 0 aliphatic heterocycles. The van der Waals surface area contributed by atoms with Crippen molar-refractivity contribution in [1.82, 2.24) is 0 Å². The Morgan fingerprint density at radius 3 is 2.35 bits per heavy atom. The summed E-state index contributed by atoms with van der Waals surface area (Å²) in [6, 6.07) is 10.5. The molecule has 0 aliphatic rings. The zero-order chi connectivity index (χ0) is 17.5. The number of aliphatic hydroxyl groups excluding tert-OH is 1. The van der Waals surface area contributed by atoms with Crippen LogP contribution in [-0.4, -0.2) is 31.9 Å². The van der Waals surface area contributed by atoms with Crippen LogP contribution in [0, 0.1) is 5.92 Å². The van der Waals surface area contributed by atoms with Crippen molar-refractivity contribution in [2.24, 2.45) is 5.92 Å². The van der Waals surface area contributed by atoms with Gasteiger partial charge in [-0.25, -0.2) is 0 Å². The molecular weight excluding hydrogens is 320 g/mol.